The lowest BCUT2D eigenvalue weighted by atomic mass is 10.1. The number of rotatable bonds is 4. The van der Waals surface area contributed by atoms with Crippen LogP contribution in [-0.4, -0.2) is 5.11 Å². The van der Waals surface area contributed by atoms with Crippen molar-refractivity contribution in [2.75, 3.05) is 0 Å². The van der Waals surface area contributed by atoms with Crippen molar-refractivity contribution < 1.29 is 9.52 Å². The van der Waals surface area contributed by atoms with E-state index < -0.39 is 6.10 Å². The number of furan rings is 1. The molecule has 2 aromatic rings. The SMILES string of the molecule is C[C@H](O)c1ccc(SCc2ccco2)cc1. The molecule has 1 atom stereocenters. The summed E-state index contributed by atoms with van der Waals surface area (Å²) in [7, 11) is 0. The van der Waals surface area contributed by atoms with Gasteiger partial charge in [-0.3, -0.25) is 0 Å². The van der Waals surface area contributed by atoms with Gasteiger partial charge >= 0.3 is 0 Å². The molecule has 1 aromatic carbocycles. The Balaban J connectivity index is 1.95. The lowest BCUT2D eigenvalue weighted by Crippen LogP contribution is -1.89. The Labute approximate surface area is 99.3 Å². The van der Waals surface area contributed by atoms with E-state index in [-0.39, 0.29) is 0 Å². The average Bonchev–Trinajstić information content (AvgIpc) is 2.80. The molecular formula is C13H14O2S. The summed E-state index contributed by atoms with van der Waals surface area (Å²) in [6.07, 6.45) is 1.29. The Bertz CT molecular complexity index is 418. The van der Waals surface area contributed by atoms with Crippen molar-refractivity contribution in [1.82, 2.24) is 0 Å². The van der Waals surface area contributed by atoms with Gasteiger partial charge in [0.25, 0.3) is 0 Å². The first-order valence-electron chi connectivity index (χ1n) is 5.19. The zero-order valence-corrected chi connectivity index (χ0v) is 9.91. The molecule has 0 bridgehead atoms. The van der Waals surface area contributed by atoms with Gasteiger partial charge in [0.1, 0.15) is 5.76 Å². The number of benzene rings is 1. The molecule has 0 saturated heterocycles. The zero-order chi connectivity index (χ0) is 11.4. The molecule has 0 fully saturated rings. The molecule has 2 rings (SSSR count). The standard InChI is InChI=1S/C13H14O2S/c1-10(14)11-4-6-13(7-5-11)16-9-12-3-2-8-15-12/h2-8,10,14H,9H2,1H3/t10-/m0/s1. The molecule has 84 valence electrons. The van der Waals surface area contributed by atoms with E-state index in [4.69, 9.17) is 4.42 Å². The third-order valence-electron chi connectivity index (χ3n) is 2.32. The van der Waals surface area contributed by atoms with Crippen molar-refractivity contribution in [3.8, 4) is 0 Å². The molecule has 0 aliphatic carbocycles. The summed E-state index contributed by atoms with van der Waals surface area (Å²) in [5, 5.41) is 9.37. The number of hydrogen-bond acceptors (Lipinski definition) is 3. The van der Waals surface area contributed by atoms with Crippen LogP contribution in [0.1, 0.15) is 24.4 Å². The smallest absolute Gasteiger partial charge is 0.113 e. The van der Waals surface area contributed by atoms with Crippen LogP contribution >= 0.6 is 11.8 Å². The lowest BCUT2D eigenvalue weighted by molar-refractivity contribution is 0.199. The predicted molar refractivity (Wildman–Crippen MR) is 65.3 cm³/mol. The van der Waals surface area contributed by atoms with Gasteiger partial charge in [0.2, 0.25) is 0 Å². The van der Waals surface area contributed by atoms with Crippen LogP contribution < -0.4 is 0 Å². The summed E-state index contributed by atoms with van der Waals surface area (Å²) in [5.41, 5.74) is 0.947. The summed E-state index contributed by atoms with van der Waals surface area (Å²) in [4.78, 5) is 1.18. The highest BCUT2D eigenvalue weighted by molar-refractivity contribution is 7.98. The van der Waals surface area contributed by atoms with Gasteiger partial charge in [0.15, 0.2) is 0 Å². The highest BCUT2D eigenvalue weighted by atomic mass is 32.2. The van der Waals surface area contributed by atoms with E-state index in [0.717, 1.165) is 17.1 Å². The van der Waals surface area contributed by atoms with Crippen LogP contribution in [0.15, 0.2) is 52.0 Å². The van der Waals surface area contributed by atoms with Crippen LogP contribution in [0.4, 0.5) is 0 Å². The second-order valence-corrected chi connectivity index (χ2v) is 4.66. The van der Waals surface area contributed by atoms with Crippen molar-refractivity contribution >= 4 is 11.8 Å². The number of hydrogen-bond donors (Lipinski definition) is 1. The zero-order valence-electron chi connectivity index (χ0n) is 9.09. The van der Waals surface area contributed by atoms with Crippen LogP contribution in [0.5, 0.6) is 0 Å². The normalized spacial score (nSPS) is 12.6. The quantitative estimate of drug-likeness (QED) is 0.820. The topological polar surface area (TPSA) is 33.4 Å². The van der Waals surface area contributed by atoms with E-state index in [2.05, 4.69) is 0 Å². The third-order valence-corrected chi connectivity index (χ3v) is 3.36. The molecule has 1 heterocycles. The largest absolute Gasteiger partial charge is 0.468 e. The minimum Gasteiger partial charge on any atom is -0.468 e. The average molecular weight is 234 g/mol. The van der Waals surface area contributed by atoms with Gasteiger partial charge in [-0.05, 0) is 36.8 Å². The maximum atomic E-state index is 9.37. The fourth-order valence-electron chi connectivity index (χ4n) is 1.39. The first-order chi connectivity index (χ1) is 7.75. The van der Waals surface area contributed by atoms with E-state index in [1.54, 1.807) is 24.9 Å². The molecule has 2 nitrogen and oxygen atoms in total. The molecule has 1 aromatic heterocycles. The van der Waals surface area contributed by atoms with Gasteiger partial charge in [-0.2, -0.15) is 0 Å². The minimum atomic E-state index is -0.399. The Morgan fingerprint density at radius 1 is 1.25 bits per heavy atom. The molecule has 0 radical (unpaired) electrons. The molecule has 0 spiro atoms. The van der Waals surface area contributed by atoms with Crippen molar-refractivity contribution in [3.05, 3.63) is 54.0 Å². The molecule has 3 heteroatoms. The van der Waals surface area contributed by atoms with Gasteiger partial charge < -0.3 is 9.52 Å². The summed E-state index contributed by atoms with van der Waals surface area (Å²) in [6, 6.07) is 11.8. The minimum absolute atomic E-state index is 0.399. The highest BCUT2D eigenvalue weighted by Crippen LogP contribution is 2.24. The fourth-order valence-corrected chi connectivity index (χ4v) is 2.19. The highest BCUT2D eigenvalue weighted by Gasteiger charge is 2.01. The van der Waals surface area contributed by atoms with Crippen LogP contribution in [0.3, 0.4) is 0 Å². The molecule has 0 aliphatic rings. The summed E-state index contributed by atoms with van der Waals surface area (Å²) < 4.78 is 5.26. The van der Waals surface area contributed by atoms with E-state index in [0.29, 0.717) is 0 Å². The molecule has 0 amide bonds. The number of thioether (sulfide) groups is 1. The fraction of sp³-hybridized carbons (Fsp3) is 0.231. The van der Waals surface area contributed by atoms with E-state index in [1.807, 2.05) is 36.4 Å². The molecule has 0 aliphatic heterocycles. The van der Waals surface area contributed by atoms with E-state index in [1.165, 1.54) is 4.90 Å². The predicted octanol–water partition coefficient (Wildman–Crippen LogP) is 3.63. The van der Waals surface area contributed by atoms with Crippen molar-refractivity contribution in [1.29, 1.82) is 0 Å². The Hall–Kier alpha value is -1.19. The van der Waals surface area contributed by atoms with Gasteiger partial charge in [-0.1, -0.05) is 12.1 Å². The van der Waals surface area contributed by atoms with Crippen LogP contribution in [0.25, 0.3) is 0 Å². The third kappa shape index (κ3) is 2.90. The van der Waals surface area contributed by atoms with Crippen LogP contribution in [-0.2, 0) is 5.75 Å². The molecule has 0 unspecified atom stereocenters. The Kier molecular flexibility index (Phi) is 3.70. The van der Waals surface area contributed by atoms with Gasteiger partial charge in [-0.15, -0.1) is 11.8 Å². The first kappa shape index (κ1) is 11.3. The summed E-state index contributed by atoms with van der Waals surface area (Å²) in [6.45, 7) is 1.77. The maximum absolute atomic E-state index is 9.37. The van der Waals surface area contributed by atoms with Gasteiger partial charge in [0, 0.05) is 4.90 Å². The van der Waals surface area contributed by atoms with Crippen LogP contribution in [0, 0.1) is 0 Å². The molecule has 16 heavy (non-hydrogen) atoms. The first-order valence-corrected chi connectivity index (χ1v) is 6.17. The molecule has 0 saturated carbocycles. The maximum Gasteiger partial charge on any atom is 0.113 e. The Morgan fingerprint density at radius 2 is 2.00 bits per heavy atom. The second-order valence-electron chi connectivity index (χ2n) is 3.61. The van der Waals surface area contributed by atoms with Crippen molar-refractivity contribution in [3.63, 3.8) is 0 Å². The monoisotopic (exact) mass is 234 g/mol. The summed E-state index contributed by atoms with van der Waals surface area (Å²) in [5.74, 6) is 1.81. The van der Waals surface area contributed by atoms with Crippen molar-refractivity contribution in [2.45, 2.75) is 23.7 Å². The second kappa shape index (κ2) is 5.23. The summed E-state index contributed by atoms with van der Waals surface area (Å²) >= 11 is 1.72. The van der Waals surface area contributed by atoms with E-state index in [9.17, 15) is 5.11 Å². The van der Waals surface area contributed by atoms with Gasteiger partial charge in [0.05, 0.1) is 18.1 Å². The van der Waals surface area contributed by atoms with Crippen LogP contribution in [0.2, 0.25) is 0 Å². The number of aliphatic hydroxyl groups excluding tert-OH is 1. The van der Waals surface area contributed by atoms with Gasteiger partial charge in [-0.25, -0.2) is 0 Å². The number of aliphatic hydroxyl groups is 1. The molecular weight excluding hydrogens is 220 g/mol. The van der Waals surface area contributed by atoms with Crippen molar-refractivity contribution in [2.24, 2.45) is 0 Å². The molecule has 1 N–H and O–H groups in total. The van der Waals surface area contributed by atoms with E-state index >= 15 is 0 Å². The lowest BCUT2D eigenvalue weighted by Gasteiger charge is -2.05. The Morgan fingerprint density at radius 3 is 2.56 bits per heavy atom.